The summed E-state index contributed by atoms with van der Waals surface area (Å²) in [5, 5.41) is 2.79. The Morgan fingerprint density at radius 2 is 1.96 bits per heavy atom. The number of alkyl halides is 2. The molecule has 0 unspecified atom stereocenters. The normalized spacial score (nSPS) is 13.4. The zero-order valence-corrected chi connectivity index (χ0v) is 14.8. The smallest absolute Gasteiger partial charge is 0.270 e. The van der Waals surface area contributed by atoms with Crippen LogP contribution in [0.1, 0.15) is 25.0 Å². The maximum Gasteiger partial charge on any atom is 0.270 e. The van der Waals surface area contributed by atoms with Gasteiger partial charge in [0.05, 0.1) is 12.3 Å². The van der Waals surface area contributed by atoms with Crippen LogP contribution >= 0.6 is 15.9 Å². The molecule has 0 spiro atoms. The molecule has 0 bridgehead atoms. The van der Waals surface area contributed by atoms with Crippen molar-refractivity contribution in [1.29, 1.82) is 0 Å². The zero-order chi connectivity index (χ0) is 17.5. The van der Waals surface area contributed by atoms with E-state index in [-0.39, 0.29) is 11.5 Å². The van der Waals surface area contributed by atoms with Crippen LogP contribution < -0.4 is 10.1 Å². The number of ether oxygens (including phenoxy) is 1. The summed E-state index contributed by atoms with van der Waals surface area (Å²) in [6, 6.07) is 7.92. The van der Waals surface area contributed by atoms with Gasteiger partial charge in [0, 0.05) is 41.4 Å². The molecule has 126 valence electrons. The molecule has 24 heavy (non-hydrogen) atoms. The minimum absolute atomic E-state index is 0.0389. The Bertz CT molecular complexity index is 798. The predicted molar refractivity (Wildman–Crippen MR) is 92.6 cm³/mol. The van der Waals surface area contributed by atoms with Gasteiger partial charge in [0.2, 0.25) is 5.91 Å². The Balaban J connectivity index is 2.10. The van der Waals surface area contributed by atoms with E-state index in [1.807, 2.05) is 0 Å². The van der Waals surface area contributed by atoms with E-state index in [1.165, 1.54) is 19.1 Å². The van der Waals surface area contributed by atoms with Gasteiger partial charge in [0.1, 0.15) is 5.75 Å². The number of halogens is 3. The molecule has 3 rings (SSSR count). The van der Waals surface area contributed by atoms with Gasteiger partial charge < -0.3 is 10.1 Å². The third-order valence-corrected chi connectivity index (χ3v) is 4.83. The molecule has 2 aromatic carbocycles. The Kier molecular flexibility index (Phi) is 4.34. The molecule has 0 radical (unpaired) electrons. The van der Waals surface area contributed by atoms with E-state index in [2.05, 4.69) is 21.2 Å². The van der Waals surface area contributed by atoms with Crippen LogP contribution in [-0.2, 0) is 17.1 Å². The molecule has 0 aromatic heterocycles. The molecular formula is C18H16BrF2NO2. The number of amides is 1. The van der Waals surface area contributed by atoms with E-state index in [1.54, 1.807) is 18.2 Å². The van der Waals surface area contributed by atoms with Crippen molar-refractivity contribution in [2.24, 2.45) is 0 Å². The van der Waals surface area contributed by atoms with Crippen LogP contribution in [-0.4, -0.2) is 12.5 Å². The number of nitrogens with one attached hydrogen (secondary N) is 1. The monoisotopic (exact) mass is 395 g/mol. The lowest BCUT2D eigenvalue weighted by Crippen LogP contribution is -2.07. The number of fused-ring (bicyclic) bond motifs is 1. The molecule has 1 amide bonds. The summed E-state index contributed by atoms with van der Waals surface area (Å²) in [6.07, 6.45) is 0.724. The standard InChI is InChI=1S/C18H16BrF2NO2/c1-10(23)22-15-9-14(17-13(16(15)19)7-8-24-17)11-3-5-12(6-4-11)18(2,20)21/h3-6,9H,7-8H2,1-2H3,(H,22,23). The maximum atomic E-state index is 13.4. The lowest BCUT2D eigenvalue weighted by molar-refractivity contribution is -0.114. The number of benzene rings is 2. The second-order valence-electron chi connectivity index (χ2n) is 5.84. The van der Waals surface area contributed by atoms with E-state index in [0.29, 0.717) is 12.3 Å². The Morgan fingerprint density at radius 1 is 1.29 bits per heavy atom. The highest BCUT2D eigenvalue weighted by molar-refractivity contribution is 9.10. The van der Waals surface area contributed by atoms with Crippen molar-refractivity contribution in [1.82, 2.24) is 0 Å². The van der Waals surface area contributed by atoms with Gasteiger partial charge in [-0.25, -0.2) is 8.78 Å². The average Bonchev–Trinajstić information content (AvgIpc) is 2.99. The zero-order valence-electron chi connectivity index (χ0n) is 13.3. The van der Waals surface area contributed by atoms with Crippen LogP contribution in [0, 0.1) is 0 Å². The molecule has 0 fully saturated rings. The van der Waals surface area contributed by atoms with E-state index in [9.17, 15) is 13.6 Å². The molecular weight excluding hydrogens is 380 g/mol. The van der Waals surface area contributed by atoms with Gasteiger partial charge in [-0.1, -0.05) is 24.3 Å². The van der Waals surface area contributed by atoms with Gasteiger partial charge in [-0.05, 0) is 27.6 Å². The van der Waals surface area contributed by atoms with Crippen molar-refractivity contribution in [3.8, 4) is 16.9 Å². The summed E-state index contributed by atoms with van der Waals surface area (Å²) in [6.45, 7) is 2.86. The Labute approximate surface area is 147 Å². The topological polar surface area (TPSA) is 38.3 Å². The summed E-state index contributed by atoms with van der Waals surface area (Å²) < 4.78 is 33.3. The highest BCUT2D eigenvalue weighted by Gasteiger charge is 2.26. The summed E-state index contributed by atoms with van der Waals surface area (Å²) >= 11 is 3.51. The second kappa shape index (κ2) is 6.16. The van der Waals surface area contributed by atoms with Gasteiger partial charge in [-0.15, -0.1) is 0 Å². The second-order valence-corrected chi connectivity index (χ2v) is 6.63. The van der Waals surface area contributed by atoms with Crippen LogP contribution in [0.5, 0.6) is 5.75 Å². The third kappa shape index (κ3) is 3.15. The minimum Gasteiger partial charge on any atom is -0.492 e. The molecule has 1 aliphatic heterocycles. The number of rotatable bonds is 3. The molecule has 2 aromatic rings. The lowest BCUT2D eigenvalue weighted by Gasteiger charge is -2.15. The maximum absolute atomic E-state index is 13.4. The van der Waals surface area contributed by atoms with Crippen molar-refractivity contribution in [3.05, 3.63) is 45.9 Å². The van der Waals surface area contributed by atoms with Crippen molar-refractivity contribution in [3.63, 3.8) is 0 Å². The molecule has 0 saturated carbocycles. The summed E-state index contributed by atoms with van der Waals surface area (Å²) in [7, 11) is 0. The number of hydrogen-bond acceptors (Lipinski definition) is 2. The minimum atomic E-state index is -2.88. The first-order valence-corrected chi connectivity index (χ1v) is 8.31. The van der Waals surface area contributed by atoms with E-state index in [4.69, 9.17) is 4.74 Å². The first-order chi connectivity index (χ1) is 11.3. The highest BCUT2D eigenvalue weighted by atomic mass is 79.9. The number of carbonyl (C=O) groups excluding carboxylic acids is 1. The fraction of sp³-hybridized carbons (Fsp3) is 0.278. The van der Waals surface area contributed by atoms with E-state index >= 15 is 0 Å². The first-order valence-electron chi connectivity index (χ1n) is 7.52. The fourth-order valence-electron chi connectivity index (χ4n) is 2.78. The van der Waals surface area contributed by atoms with Crippen LogP contribution in [0.2, 0.25) is 0 Å². The summed E-state index contributed by atoms with van der Waals surface area (Å²) in [5.74, 6) is -2.33. The molecule has 3 nitrogen and oxygen atoms in total. The molecule has 1 aliphatic rings. The van der Waals surface area contributed by atoms with Crippen LogP contribution in [0.15, 0.2) is 34.8 Å². The SMILES string of the molecule is CC(=O)Nc1cc(-c2ccc(C(C)(F)F)cc2)c2c(c1Br)CCO2. The molecule has 0 aliphatic carbocycles. The first kappa shape index (κ1) is 16.9. The fourth-order valence-corrected chi connectivity index (χ4v) is 3.37. The molecule has 0 atom stereocenters. The van der Waals surface area contributed by atoms with Crippen molar-refractivity contribution < 1.29 is 18.3 Å². The van der Waals surface area contributed by atoms with E-state index < -0.39 is 5.92 Å². The van der Waals surface area contributed by atoms with Crippen molar-refractivity contribution >= 4 is 27.5 Å². The van der Waals surface area contributed by atoms with Crippen LogP contribution in [0.25, 0.3) is 11.1 Å². The average molecular weight is 396 g/mol. The van der Waals surface area contributed by atoms with Crippen LogP contribution in [0.4, 0.5) is 14.5 Å². The number of hydrogen-bond donors (Lipinski definition) is 1. The van der Waals surface area contributed by atoms with Gasteiger partial charge >= 0.3 is 0 Å². The van der Waals surface area contributed by atoms with Gasteiger partial charge in [-0.3, -0.25) is 4.79 Å². The summed E-state index contributed by atoms with van der Waals surface area (Å²) in [4.78, 5) is 11.4. The third-order valence-electron chi connectivity index (χ3n) is 3.92. The number of anilines is 1. The van der Waals surface area contributed by atoms with Gasteiger partial charge in [-0.2, -0.15) is 0 Å². The Morgan fingerprint density at radius 3 is 2.54 bits per heavy atom. The lowest BCUT2D eigenvalue weighted by atomic mass is 9.98. The van der Waals surface area contributed by atoms with Gasteiger partial charge in [0.15, 0.2) is 0 Å². The largest absolute Gasteiger partial charge is 0.492 e. The molecule has 6 heteroatoms. The van der Waals surface area contributed by atoms with Crippen LogP contribution in [0.3, 0.4) is 0 Å². The molecule has 0 saturated heterocycles. The number of carbonyl (C=O) groups is 1. The predicted octanol–water partition coefficient (Wildman–Crippen LogP) is 5.12. The summed E-state index contributed by atoms with van der Waals surface area (Å²) in [5.41, 5.74) is 3.12. The quantitative estimate of drug-likeness (QED) is 0.782. The molecule has 1 N–H and O–H groups in total. The highest BCUT2D eigenvalue weighted by Crippen LogP contribution is 2.45. The Hall–Kier alpha value is -1.95. The van der Waals surface area contributed by atoms with Crippen molar-refractivity contribution in [2.75, 3.05) is 11.9 Å². The molecule has 1 heterocycles. The van der Waals surface area contributed by atoms with Gasteiger partial charge in [0.25, 0.3) is 5.92 Å². The van der Waals surface area contributed by atoms with Crippen molar-refractivity contribution in [2.45, 2.75) is 26.2 Å². The van der Waals surface area contributed by atoms with E-state index in [0.717, 1.165) is 40.3 Å².